The molecule has 7 nitrogen and oxygen atoms in total. The van der Waals surface area contributed by atoms with Gasteiger partial charge in [0, 0.05) is 43.9 Å². The summed E-state index contributed by atoms with van der Waals surface area (Å²) in [5, 5.41) is 7.09. The maximum atomic E-state index is 12.6. The third kappa shape index (κ3) is 4.88. The zero-order valence-electron chi connectivity index (χ0n) is 20.7. The second-order valence-corrected chi connectivity index (χ2v) is 11.2. The average molecular weight is 604 g/mol. The van der Waals surface area contributed by atoms with E-state index in [9.17, 15) is 4.79 Å². The van der Waals surface area contributed by atoms with Crippen molar-refractivity contribution in [3.8, 4) is 5.75 Å². The summed E-state index contributed by atoms with van der Waals surface area (Å²) in [4.78, 5) is 22.8. The van der Waals surface area contributed by atoms with Gasteiger partial charge in [0.2, 0.25) is 5.91 Å². The average Bonchev–Trinajstić information content (AvgIpc) is 3.28. The Morgan fingerprint density at radius 3 is 2.51 bits per heavy atom. The van der Waals surface area contributed by atoms with Crippen LogP contribution in [0.2, 0.25) is 0 Å². The van der Waals surface area contributed by atoms with Crippen LogP contribution >= 0.6 is 34.8 Å². The Kier molecular flexibility index (Phi) is 7.10. The molecular formula is C26H30IN5O2S. The lowest BCUT2D eigenvalue weighted by Crippen LogP contribution is -2.30. The van der Waals surface area contributed by atoms with E-state index in [-0.39, 0.29) is 18.0 Å². The van der Waals surface area contributed by atoms with Gasteiger partial charge in [-0.15, -0.1) is 0 Å². The summed E-state index contributed by atoms with van der Waals surface area (Å²) in [6, 6.07) is 11.4. The Bertz CT molecular complexity index is 1270. The Labute approximate surface area is 225 Å². The highest BCUT2D eigenvalue weighted by atomic mass is 127. The number of aromatic nitrogens is 2. The molecule has 0 bridgehead atoms. The van der Waals surface area contributed by atoms with Crippen LogP contribution in [0.1, 0.15) is 55.5 Å². The Hall–Kier alpha value is -2.66. The zero-order valence-corrected chi connectivity index (χ0v) is 23.7. The number of thiocarbonyl (C=S) groups is 1. The van der Waals surface area contributed by atoms with Crippen molar-refractivity contribution < 1.29 is 9.53 Å². The van der Waals surface area contributed by atoms with Crippen molar-refractivity contribution in [2.45, 2.75) is 46.7 Å². The van der Waals surface area contributed by atoms with Crippen molar-refractivity contribution in [2.75, 3.05) is 17.3 Å². The van der Waals surface area contributed by atoms with Crippen LogP contribution in [0, 0.1) is 22.8 Å². The highest BCUT2D eigenvalue weighted by Gasteiger charge is 2.43. The minimum atomic E-state index is -0.522. The highest BCUT2D eigenvalue weighted by Crippen LogP contribution is 2.45. The van der Waals surface area contributed by atoms with Gasteiger partial charge in [0.25, 0.3) is 0 Å². The maximum absolute atomic E-state index is 12.6. The number of pyridine rings is 1. The quantitative estimate of drug-likeness (QED) is 0.253. The van der Waals surface area contributed by atoms with Crippen molar-refractivity contribution in [1.29, 1.82) is 0 Å². The van der Waals surface area contributed by atoms with E-state index in [4.69, 9.17) is 17.0 Å². The fourth-order valence-electron chi connectivity index (χ4n) is 4.29. The van der Waals surface area contributed by atoms with E-state index in [0.29, 0.717) is 16.5 Å². The van der Waals surface area contributed by atoms with Crippen LogP contribution < -0.4 is 20.3 Å². The number of hydrogen-bond acceptors (Lipinski definition) is 4. The van der Waals surface area contributed by atoms with Gasteiger partial charge in [-0.25, -0.2) is 0 Å². The molecule has 0 spiro atoms. The molecule has 1 aromatic carbocycles. The van der Waals surface area contributed by atoms with E-state index in [2.05, 4.69) is 61.9 Å². The van der Waals surface area contributed by atoms with Crippen LogP contribution in [-0.2, 0) is 4.79 Å². The number of hydrogen-bond donors (Lipinski definition) is 3. The number of halogens is 1. The Balaban J connectivity index is 1.81. The van der Waals surface area contributed by atoms with E-state index in [1.807, 2.05) is 57.2 Å². The molecule has 1 aliphatic rings. The van der Waals surface area contributed by atoms with E-state index >= 15 is 0 Å². The number of carbonyl (C=O) groups excluding carboxylic acids is 1. The molecule has 3 N–H and O–H groups in total. The number of nitrogens with one attached hydrogen (secondary N) is 3. The number of ether oxygens (including phenoxy) is 1. The maximum Gasteiger partial charge on any atom is 0.229 e. The number of benzene rings is 1. The van der Waals surface area contributed by atoms with Crippen LogP contribution in [0.3, 0.4) is 0 Å². The highest BCUT2D eigenvalue weighted by molar-refractivity contribution is 14.1. The lowest BCUT2D eigenvalue weighted by molar-refractivity contribution is -0.123. The molecule has 4 rings (SSSR count). The van der Waals surface area contributed by atoms with Crippen molar-refractivity contribution in [2.24, 2.45) is 5.41 Å². The topological polar surface area (TPSA) is 82.3 Å². The molecule has 2 atom stereocenters. The first-order valence-electron chi connectivity index (χ1n) is 11.4. The summed E-state index contributed by atoms with van der Waals surface area (Å²) < 4.78 is 6.84. The molecule has 0 aliphatic carbocycles. The normalized spacial score (nSPS) is 17.9. The molecule has 9 heteroatoms. The summed E-state index contributed by atoms with van der Waals surface area (Å²) in [7, 11) is 1.60. The number of nitrogens with zero attached hydrogens (tertiary/aromatic N) is 2. The van der Waals surface area contributed by atoms with Crippen LogP contribution in [-0.4, -0.2) is 28.1 Å². The summed E-state index contributed by atoms with van der Waals surface area (Å²) in [6.07, 6.45) is 1.80. The lowest BCUT2D eigenvalue weighted by Gasteiger charge is -2.29. The molecule has 35 heavy (non-hydrogen) atoms. The predicted octanol–water partition coefficient (Wildman–Crippen LogP) is 5.80. The standard InChI is InChI=1S/C26H30IN5O2S/c1-14-20(21(27)15(2)29-14)23-22(18-9-7-8-12-28-18)31-25(35)32(23)16-10-11-17(19(13-16)34-6)30-24(33)26(3,4)5/h7-13,22-23,29H,1-6H3,(H,30,33)(H,31,35)/t22-,23+/m0/s1. The van der Waals surface area contributed by atoms with Crippen molar-refractivity contribution in [3.63, 3.8) is 0 Å². The Morgan fingerprint density at radius 2 is 1.94 bits per heavy atom. The third-order valence-electron chi connectivity index (χ3n) is 6.13. The second-order valence-electron chi connectivity index (χ2n) is 9.69. The first-order chi connectivity index (χ1) is 16.5. The summed E-state index contributed by atoms with van der Waals surface area (Å²) in [6.45, 7) is 9.80. The number of rotatable bonds is 5. The molecular weight excluding hydrogens is 573 g/mol. The first-order valence-corrected chi connectivity index (χ1v) is 12.9. The number of anilines is 2. The summed E-state index contributed by atoms with van der Waals surface area (Å²) in [5.41, 5.74) is 5.27. The zero-order chi connectivity index (χ0) is 25.5. The van der Waals surface area contributed by atoms with Gasteiger partial charge >= 0.3 is 0 Å². The fraction of sp³-hybridized carbons (Fsp3) is 0.346. The number of H-pyrrole nitrogens is 1. The fourth-order valence-corrected chi connectivity index (χ4v) is 5.50. The van der Waals surface area contributed by atoms with Crippen molar-refractivity contribution >= 4 is 57.2 Å². The van der Waals surface area contributed by atoms with Crippen LogP contribution in [0.25, 0.3) is 0 Å². The van der Waals surface area contributed by atoms with Crippen LogP contribution in [0.5, 0.6) is 5.75 Å². The van der Waals surface area contributed by atoms with Gasteiger partial charge in [0.1, 0.15) is 5.75 Å². The lowest BCUT2D eigenvalue weighted by atomic mass is 9.95. The molecule has 1 aliphatic heterocycles. The van der Waals surface area contributed by atoms with Gasteiger partial charge in [-0.2, -0.15) is 0 Å². The van der Waals surface area contributed by atoms with E-state index < -0.39 is 5.41 Å². The van der Waals surface area contributed by atoms with Gasteiger partial charge < -0.3 is 25.3 Å². The number of methoxy groups -OCH3 is 1. The molecule has 2 aromatic heterocycles. The molecule has 1 saturated heterocycles. The smallest absolute Gasteiger partial charge is 0.229 e. The summed E-state index contributed by atoms with van der Waals surface area (Å²) in [5.74, 6) is 0.489. The third-order valence-corrected chi connectivity index (χ3v) is 7.84. The minimum absolute atomic E-state index is 0.0806. The van der Waals surface area contributed by atoms with Gasteiger partial charge in [-0.3, -0.25) is 9.78 Å². The summed E-state index contributed by atoms with van der Waals surface area (Å²) >= 11 is 8.26. The van der Waals surface area contributed by atoms with E-state index in [1.54, 1.807) is 13.3 Å². The first kappa shape index (κ1) is 25.4. The molecule has 1 amide bonds. The van der Waals surface area contributed by atoms with Gasteiger partial charge in [-0.05, 0) is 72.9 Å². The largest absolute Gasteiger partial charge is 0.494 e. The Morgan fingerprint density at radius 1 is 1.20 bits per heavy atom. The molecule has 3 aromatic rings. The number of carbonyl (C=O) groups is 1. The van der Waals surface area contributed by atoms with Gasteiger partial charge in [0.05, 0.1) is 30.6 Å². The molecule has 0 unspecified atom stereocenters. The molecule has 184 valence electrons. The number of aromatic amines is 1. The molecule has 3 heterocycles. The van der Waals surface area contributed by atoms with Gasteiger partial charge in [0.15, 0.2) is 5.11 Å². The van der Waals surface area contributed by atoms with Crippen molar-refractivity contribution in [1.82, 2.24) is 15.3 Å². The second kappa shape index (κ2) is 9.77. The molecule has 0 saturated carbocycles. The van der Waals surface area contributed by atoms with Crippen molar-refractivity contribution in [3.05, 3.63) is 68.8 Å². The SMILES string of the molecule is COc1cc(N2C(=S)N[C@@H](c3ccccn3)[C@H]2c2c(C)[nH]c(C)c2I)ccc1NC(=O)C(C)(C)C. The molecule has 1 fully saturated rings. The monoisotopic (exact) mass is 603 g/mol. The van der Waals surface area contributed by atoms with Gasteiger partial charge in [-0.1, -0.05) is 26.8 Å². The number of amides is 1. The van der Waals surface area contributed by atoms with E-state index in [0.717, 1.165) is 22.8 Å². The predicted molar refractivity (Wildman–Crippen MR) is 152 cm³/mol. The van der Waals surface area contributed by atoms with E-state index in [1.165, 1.54) is 9.13 Å². The van der Waals surface area contributed by atoms with Crippen LogP contribution in [0.15, 0.2) is 42.6 Å². The molecule has 0 radical (unpaired) electrons. The number of aryl methyl sites for hydroxylation is 2. The minimum Gasteiger partial charge on any atom is -0.494 e. The van der Waals surface area contributed by atoms with Crippen LogP contribution in [0.4, 0.5) is 11.4 Å².